The fourth-order valence-electron chi connectivity index (χ4n) is 3.88. The third-order valence-electron chi connectivity index (χ3n) is 5.47. The SMILES string of the molecule is CCCS(=O)(=O)N1CCC(NC(=O)c2cc(C)c(OCc3cccnc3)c(C)c2)CC1. The first kappa shape index (κ1) is 23.2. The highest BCUT2D eigenvalue weighted by Crippen LogP contribution is 2.26. The summed E-state index contributed by atoms with van der Waals surface area (Å²) >= 11 is 0. The van der Waals surface area contributed by atoms with Crippen molar-refractivity contribution >= 4 is 15.9 Å². The zero-order valence-electron chi connectivity index (χ0n) is 18.4. The quantitative estimate of drug-likeness (QED) is 0.674. The molecule has 2 heterocycles. The Morgan fingerprint density at radius 3 is 2.48 bits per heavy atom. The van der Waals surface area contributed by atoms with Crippen LogP contribution in [0, 0.1) is 13.8 Å². The van der Waals surface area contributed by atoms with E-state index in [1.165, 1.54) is 0 Å². The summed E-state index contributed by atoms with van der Waals surface area (Å²) in [6.45, 7) is 7.04. The van der Waals surface area contributed by atoms with Crippen LogP contribution in [-0.4, -0.2) is 48.5 Å². The Morgan fingerprint density at radius 1 is 1.23 bits per heavy atom. The maximum Gasteiger partial charge on any atom is 0.251 e. The predicted octanol–water partition coefficient (Wildman–Crippen LogP) is 3.21. The number of amides is 1. The molecule has 3 rings (SSSR count). The molecule has 1 aliphatic heterocycles. The molecule has 0 saturated carbocycles. The Hall–Kier alpha value is -2.45. The second-order valence-corrected chi connectivity index (χ2v) is 10.1. The summed E-state index contributed by atoms with van der Waals surface area (Å²) in [5, 5.41) is 3.06. The number of aromatic nitrogens is 1. The van der Waals surface area contributed by atoms with Crippen LogP contribution in [0.25, 0.3) is 0 Å². The first-order chi connectivity index (χ1) is 14.8. The number of ether oxygens (including phenoxy) is 1. The number of carbonyl (C=O) groups excluding carboxylic acids is 1. The van der Waals surface area contributed by atoms with E-state index in [-0.39, 0.29) is 17.7 Å². The Morgan fingerprint density at radius 2 is 1.90 bits per heavy atom. The number of hydrogen-bond donors (Lipinski definition) is 1. The molecule has 7 nitrogen and oxygen atoms in total. The predicted molar refractivity (Wildman–Crippen MR) is 121 cm³/mol. The van der Waals surface area contributed by atoms with Crippen LogP contribution in [0.1, 0.15) is 53.2 Å². The zero-order chi connectivity index (χ0) is 22.4. The minimum Gasteiger partial charge on any atom is -0.488 e. The van der Waals surface area contributed by atoms with Gasteiger partial charge in [-0.15, -0.1) is 0 Å². The normalized spacial score (nSPS) is 15.6. The van der Waals surface area contributed by atoms with Gasteiger partial charge < -0.3 is 10.1 Å². The van der Waals surface area contributed by atoms with E-state index in [0.717, 1.165) is 22.4 Å². The van der Waals surface area contributed by atoms with Gasteiger partial charge in [0, 0.05) is 42.7 Å². The average molecular weight is 446 g/mol. The van der Waals surface area contributed by atoms with E-state index in [1.54, 1.807) is 16.7 Å². The summed E-state index contributed by atoms with van der Waals surface area (Å²) < 4.78 is 31.9. The molecule has 31 heavy (non-hydrogen) atoms. The topological polar surface area (TPSA) is 88.6 Å². The van der Waals surface area contributed by atoms with Crippen LogP contribution in [-0.2, 0) is 16.6 Å². The van der Waals surface area contributed by atoms with E-state index >= 15 is 0 Å². The van der Waals surface area contributed by atoms with Crippen LogP contribution in [0.3, 0.4) is 0 Å². The molecule has 0 unspecified atom stereocenters. The molecule has 1 amide bonds. The smallest absolute Gasteiger partial charge is 0.251 e. The second kappa shape index (κ2) is 10.2. The molecule has 1 fully saturated rings. The van der Waals surface area contributed by atoms with Gasteiger partial charge in [-0.3, -0.25) is 9.78 Å². The molecule has 0 aliphatic carbocycles. The minimum absolute atomic E-state index is 0.0253. The molecule has 1 aromatic carbocycles. The average Bonchev–Trinajstić information content (AvgIpc) is 2.74. The lowest BCUT2D eigenvalue weighted by molar-refractivity contribution is 0.0923. The number of rotatable bonds is 8. The van der Waals surface area contributed by atoms with Gasteiger partial charge in [0.15, 0.2) is 0 Å². The van der Waals surface area contributed by atoms with Gasteiger partial charge in [-0.05, 0) is 62.4 Å². The van der Waals surface area contributed by atoms with Crippen molar-refractivity contribution in [1.29, 1.82) is 0 Å². The number of carbonyl (C=O) groups is 1. The number of piperidine rings is 1. The van der Waals surface area contributed by atoms with Crippen molar-refractivity contribution < 1.29 is 17.9 Å². The van der Waals surface area contributed by atoms with E-state index in [2.05, 4.69) is 10.3 Å². The number of sulfonamides is 1. The first-order valence-electron chi connectivity index (χ1n) is 10.7. The molecular formula is C23H31N3O4S. The molecule has 0 atom stereocenters. The van der Waals surface area contributed by atoms with Crippen LogP contribution in [0.2, 0.25) is 0 Å². The zero-order valence-corrected chi connectivity index (χ0v) is 19.2. The third kappa shape index (κ3) is 6.04. The number of benzene rings is 1. The molecule has 8 heteroatoms. The van der Waals surface area contributed by atoms with Crippen molar-refractivity contribution in [3.63, 3.8) is 0 Å². The Labute approximate surface area is 184 Å². The van der Waals surface area contributed by atoms with Gasteiger partial charge in [-0.2, -0.15) is 0 Å². The lowest BCUT2D eigenvalue weighted by atomic mass is 10.0. The van der Waals surface area contributed by atoms with E-state index in [4.69, 9.17) is 4.74 Å². The summed E-state index contributed by atoms with van der Waals surface area (Å²) in [5.41, 5.74) is 3.37. The molecule has 168 valence electrons. The van der Waals surface area contributed by atoms with Crippen molar-refractivity contribution in [2.45, 2.75) is 52.7 Å². The second-order valence-electron chi connectivity index (χ2n) is 8.05. The van der Waals surface area contributed by atoms with Crippen molar-refractivity contribution in [3.8, 4) is 5.75 Å². The van der Waals surface area contributed by atoms with Gasteiger partial charge in [-0.1, -0.05) is 13.0 Å². The highest BCUT2D eigenvalue weighted by atomic mass is 32.2. The number of nitrogens with zero attached hydrogens (tertiary/aromatic N) is 2. The Kier molecular flexibility index (Phi) is 7.67. The Bertz CT molecular complexity index is 978. The molecule has 1 aliphatic rings. The molecule has 1 saturated heterocycles. The van der Waals surface area contributed by atoms with Gasteiger partial charge in [0.1, 0.15) is 12.4 Å². The van der Waals surface area contributed by atoms with Crippen LogP contribution < -0.4 is 10.1 Å². The minimum atomic E-state index is -3.18. The first-order valence-corrected chi connectivity index (χ1v) is 12.3. The highest BCUT2D eigenvalue weighted by Gasteiger charge is 2.28. The summed E-state index contributed by atoms with van der Waals surface area (Å²) in [4.78, 5) is 16.9. The van der Waals surface area contributed by atoms with Crippen molar-refractivity contribution in [3.05, 3.63) is 58.9 Å². The largest absolute Gasteiger partial charge is 0.488 e. The number of pyridine rings is 1. The fourth-order valence-corrected chi connectivity index (χ4v) is 5.42. The lowest BCUT2D eigenvalue weighted by Gasteiger charge is -2.31. The van der Waals surface area contributed by atoms with Gasteiger partial charge in [-0.25, -0.2) is 12.7 Å². The number of nitrogens with one attached hydrogen (secondary N) is 1. The van der Waals surface area contributed by atoms with Crippen LogP contribution in [0.4, 0.5) is 0 Å². The summed E-state index contributed by atoms with van der Waals surface area (Å²) in [7, 11) is -3.18. The van der Waals surface area contributed by atoms with Gasteiger partial charge in [0.25, 0.3) is 5.91 Å². The molecule has 0 spiro atoms. The highest BCUT2D eigenvalue weighted by molar-refractivity contribution is 7.89. The molecule has 0 bridgehead atoms. The lowest BCUT2D eigenvalue weighted by Crippen LogP contribution is -2.47. The van der Waals surface area contributed by atoms with Crippen molar-refractivity contribution in [2.24, 2.45) is 0 Å². The molecular weight excluding hydrogens is 414 g/mol. The van der Waals surface area contributed by atoms with Crippen molar-refractivity contribution in [2.75, 3.05) is 18.8 Å². The van der Waals surface area contributed by atoms with Gasteiger partial charge >= 0.3 is 0 Å². The van der Waals surface area contributed by atoms with E-state index < -0.39 is 10.0 Å². The van der Waals surface area contributed by atoms with Gasteiger partial charge in [0.2, 0.25) is 10.0 Å². The summed E-state index contributed by atoms with van der Waals surface area (Å²) in [6, 6.07) is 7.47. The maximum absolute atomic E-state index is 12.8. The van der Waals surface area contributed by atoms with Crippen molar-refractivity contribution in [1.82, 2.24) is 14.6 Å². The molecule has 1 aromatic heterocycles. The summed E-state index contributed by atoms with van der Waals surface area (Å²) in [6.07, 6.45) is 5.35. The van der Waals surface area contributed by atoms with Crippen LogP contribution >= 0.6 is 0 Å². The molecule has 0 radical (unpaired) electrons. The standard InChI is InChI=1S/C23H31N3O4S/c1-4-12-31(28,29)26-10-7-21(8-11-26)25-23(27)20-13-17(2)22(18(3)14-20)30-16-19-6-5-9-24-15-19/h5-6,9,13-15,21H,4,7-8,10-12,16H2,1-3H3,(H,25,27). The van der Waals surface area contributed by atoms with E-state index in [1.807, 2.05) is 45.0 Å². The Balaban J connectivity index is 1.58. The maximum atomic E-state index is 12.8. The third-order valence-corrected chi connectivity index (χ3v) is 7.55. The summed E-state index contributed by atoms with van der Waals surface area (Å²) in [5.74, 6) is 0.812. The molecule has 1 N–H and O–H groups in total. The molecule has 2 aromatic rings. The fraction of sp³-hybridized carbons (Fsp3) is 0.478. The van der Waals surface area contributed by atoms with E-state index in [0.29, 0.717) is 44.5 Å². The van der Waals surface area contributed by atoms with Crippen LogP contribution in [0.15, 0.2) is 36.7 Å². The number of hydrogen-bond acceptors (Lipinski definition) is 5. The monoisotopic (exact) mass is 445 g/mol. The van der Waals surface area contributed by atoms with Gasteiger partial charge in [0.05, 0.1) is 5.75 Å². The van der Waals surface area contributed by atoms with E-state index in [9.17, 15) is 13.2 Å². The number of aryl methyl sites for hydroxylation is 2. The van der Waals surface area contributed by atoms with Crippen LogP contribution in [0.5, 0.6) is 5.75 Å².